The fraction of sp³-hybridized carbons (Fsp3) is 0.831. The summed E-state index contributed by atoms with van der Waals surface area (Å²) >= 11 is 0. The van der Waals surface area contributed by atoms with Crippen molar-refractivity contribution in [3.63, 3.8) is 0 Å². The maximum atomic E-state index is 11.6. The Morgan fingerprint density at radius 1 is 0.475 bits per heavy atom. The van der Waals surface area contributed by atoms with Crippen LogP contribution < -0.4 is 0 Å². The van der Waals surface area contributed by atoms with Gasteiger partial charge in [0.15, 0.2) is 0 Å². The molecule has 5 saturated heterocycles. The van der Waals surface area contributed by atoms with E-state index in [1.807, 2.05) is 34.6 Å². The third-order valence-corrected chi connectivity index (χ3v) is 15.4. The number of carbonyl (C=O) groups excluding carboxylic acids is 5. The minimum Gasteiger partial charge on any atom is -0.481 e. The van der Waals surface area contributed by atoms with E-state index in [0.29, 0.717) is 64.3 Å². The molecule has 80 heavy (non-hydrogen) atoms. The van der Waals surface area contributed by atoms with Crippen molar-refractivity contribution in [3.05, 3.63) is 0 Å². The fourth-order valence-electron chi connectivity index (χ4n) is 10.1. The molecule has 21 heteroatoms. The summed E-state index contributed by atoms with van der Waals surface area (Å²) in [6.07, 6.45) is 15.0. The van der Waals surface area contributed by atoms with Crippen molar-refractivity contribution < 1.29 is 78.2 Å². The number of hydrogen-bond donors (Lipinski definition) is 5. The maximum Gasteiger partial charge on any atom is 0.308 e. The Bertz CT molecular complexity index is 1970. The van der Waals surface area contributed by atoms with Crippen LogP contribution in [0.3, 0.4) is 0 Å². The highest BCUT2D eigenvalue weighted by atomic mass is 16.5. The van der Waals surface area contributed by atoms with Gasteiger partial charge in [0.25, 0.3) is 0 Å². The van der Waals surface area contributed by atoms with Gasteiger partial charge in [0, 0.05) is 109 Å². The van der Waals surface area contributed by atoms with Crippen molar-refractivity contribution in [1.29, 1.82) is 0 Å². The topological polar surface area (TPSA) is 297 Å². The first-order valence-corrected chi connectivity index (χ1v) is 29.7. The molecule has 5 aliphatic heterocycles. The molecule has 5 amide bonds. The van der Waals surface area contributed by atoms with Crippen molar-refractivity contribution in [2.24, 2.45) is 47.3 Å². The van der Waals surface area contributed by atoms with Gasteiger partial charge in [-0.1, -0.05) is 100 Å². The van der Waals surface area contributed by atoms with Gasteiger partial charge < -0.3 is 54.8 Å². The number of ether oxygens (including phenoxy) is 1. The van der Waals surface area contributed by atoms with E-state index in [4.69, 9.17) is 30.3 Å². The summed E-state index contributed by atoms with van der Waals surface area (Å²) in [5.41, 5.74) is -0.263. The van der Waals surface area contributed by atoms with E-state index in [9.17, 15) is 47.9 Å². The van der Waals surface area contributed by atoms with Gasteiger partial charge >= 0.3 is 29.8 Å². The molecule has 460 valence electrons. The quantitative estimate of drug-likeness (QED) is 0.0466. The lowest BCUT2D eigenvalue weighted by Gasteiger charge is -2.31. The summed E-state index contributed by atoms with van der Waals surface area (Å²) < 4.78 is 5.70. The smallest absolute Gasteiger partial charge is 0.308 e. The summed E-state index contributed by atoms with van der Waals surface area (Å²) in [6.45, 7) is 28.2. The van der Waals surface area contributed by atoms with Crippen molar-refractivity contribution in [1.82, 2.24) is 24.5 Å². The van der Waals surface area contributed by atoms with E-state index in [-0.39, 0.29) is 73.2 Å². The standard InChI is InChI=1S/C16H29NO4.C14H25NO3.2C10H17NO3.C9H15NO3/c1-3-5-7-13(4-2)12-21-9-6-8-17-11-14(16(19)20)10-15(17)18;1-11(2)7-5-3-4-6-8-15-10-12(14(17)18)9-13(15)16;1-7(2)3-4-11-6-8(10(13)14)5-9(11)12;1-3-8(4-2)11-6-7(10(13)14)5-9(11)12;1-9(2,3)10-5-6(8(12)13)4-7(10)11/h13-14H,3-12H2,1-2H3,(H,19,20);11-12H,3-10H2,1-2H3,(H,17,18);2*7-8H,3-6H2,1-2H3,(H,13,14);6H,4-5H2,1-3H3,(H,12,13). The first-order chi connectivity index (χ1) is 37.5. The lowest BCUT2D eigenvalue weighted by atomic mass is 10.0. The molecule has 0 aromatic rings. The normalized spacial score (nSPS) is 21.3. The number of amides is 5. The highest BCUT2D eigenvalue weighted by molar-refractivity contribution is 5.88. The predicted octanol–water partition coefficient (Wildman–Crippen LogP) is 7.86. The molecule has 5 rings (SSSR count). The molecule has 5 N–H and O–H groups in total. The van der Waals surface area contributed by atoms with Crippen molar-refractivity contribution in [3.8, 4) is 0 Å². The number of hydrogen-bond acceptors (Lipinski definition) is 11. The minimum absolute atomic E-state index is 0.00424. The van der Waals surface area contributed by atoms with Gasteiger partial charge in [-0.3, -0.25) is 47.9 Å². The highest BCUT2D eigenvalue weighted by Crippen LogP contribution is 2.27. The zero-order valence-corrected chi connectivity index (χ0v) is 50.5. The fourth-order valence-corrected chi connectivity index (χ4v) is 10.1. The molecular formula is C59H103N5O16. The Balaban J connectivity index is 0.000000506. The Morgan fingerprint density at radius 3 is 1.24 bits per heavy atom. The average molecular weight is 1140 g/mol. The van der Waals surface area contributed by atoms with Crippen LogP contribution in [0.25, 0.3) is 0 Å². The molecule has 5 heterocycles. The summed E-state index contributed by atoms with van der Waals surface area (Å²) in [5.74, 6) is -5.00. The van der Waals surface area contributed by atoms with Crippen LogP contribution in [0.5, 0.6) is 0 Å². The number of aliphatic carboxylic acids is 5. The number of nitrogens with zero attached hydrogens (tertiary/aromatic N) is 5. The number of unbranched alkanes of at least 4 members (excludes halogenated alkanes) is 4. The Labute approximate surface area is 476 Å². The van der Waals surface area contributed by atoms with E-state index < -0.39 is 59.4 Å². The van der Waals surface area contributed by atoms with E-state index in [2.05, 4.69) is 41.5 Å². The summed E-state index contributed by atoms with van der Waals surface area (Å²) in [6, 6.07) is 0.215. The number of carbonyl (C=O) groups is 10. The summed E-state index contributed by atoms with van der Waals surface area (Å²) in [4.78, 5) is 120. The Kier molecular flexibility index (Phi) is 34.2. The first-order valence-electron chi connectivity index (χ1n) is 29.7. The van der Waals surface area contributed by atoms with Crippen LogP contribution in [0, 0.1) is 47.3 Å². The third-order valence-electron chi connectivity index (χ3n) is 15.4. The second kappa shape index (κ2) is 37.6. The first kappa shape index (κ1) is 72.7. The van der Waals surface area contributed by atoms with Crippen LogP contribution >= 0.6 is 0 Å². The zero-order valence-electron chi connectivity index (χ0n) is 50.5. The summed E-state index contributed by atoms with van der Waals surface area (Å²) in [7, 11) is 0. The Morgan fingerprint density at radius 2 is 0.875 bits per heavy atom. The van der Waals surface area contributed by atoms with Gasteiger partial charge in [-0.15, -0.1) is 0 Å². The number of carboxylic acids is 5. The molecule has 5 aliphatic rings. The molecule has 0 spiro atoms. The molecule has 6 unspecified atom stereocenters. The predicted molar refractivity (Wildman–Crippen MR) is 302 cm³/mol. The molecular weight excluding hydrogens is 1030 g/mol. The molecule has 0 saturated carbocycles. The van der Waals surface area contributed by atoms with Gasteiger partial charge in [-0.25, -0.2) is 0 Å². The molecule has 0 aromatic carbocycles. The van der Waals surface area contributed by atoms with E-state index in [1.165, 1.54) is 38.5 Å². The van der Waals surface area contributed by atoms with Crippen molar-refractivity contribution in [2.75, 3.05) is 65.6 Å². The van der Waals surface area contributed by atoms with Crippen LogP contribution in [-0.4, -0.2) is 187 Å². The van der Waals surface area contributed by atoms with Crippen molar-refractivity contribution >= 4 is 59.4 Å². The largest absolute Gasteiger partial charge is 0.481 e. The summed E-state index contributed by atoms with van der Waals surface area (Å²) in [5, 5.41) is 44.1. The van der Waals surface area contributed by atoms with Crippen LogP contribution in [0.1, 0.15) is 192 Å². The van der Waals surface area contributed by atoms with Crippen LogP contribution in [0.4, 0.5) is 0 Å². The van der Waals surface area contributed by atoms with Crippen molar-refractivity contribution in [2.45, 2.75) is 203 Å². The molecule has 0 bridgehead atoms. The van der Waals surface area contributed by atoms with E-state index in [1.54, 1.807) is 24.5 Å². The van der Waals surface area contributed by atoms with E-state index in [0.717, 1.165) is 64.0 Å². The zero-order chi connectivity index (χ0) is 60.9. The van der Waals surface area contributed by atoms with Gasteiger partial charge in [-0.2, -0.15) is 0 Å². The lowest BCUT2D eigenvalue weighted by Crippen LogP contribution is -2.42. The molecule has 5 fully saturated rings. The monoisotopic (exact) mass is 1140 g/mol. The second-order valence-corrected chi connectivity index (χ2v) is 24.0. The van der Waals surface area contributed by atoms with Gasteiger partial charge in [0.05, 0.1) is 29.6 Å². The van der Waals surface area contributed by atoms with E-state index >= 15 is 0 Å². The van der Waals surface area contributed by atoms with Gasteiger partial charge in [-0.05, 0) is 77.0 Å². The lowest BCUT2D eigenvalue weighted by molar-refractivity contribution is -0.142. The number of likely N-dealkylation sites (tertiary alicyclic amines) is 5. The maximum absolute atomic E-state index is 11.6. The second-order valence-electron chi connectivity index (χ2n) is 24.0. The number of rotatable bonds is 28. The molecule has 0 aliphatic carbocycles. The van der Waals surface area contributed by atoms with Crippen LogP contribution in [-0.2, 0) is 52.7 Å². The van der Waals surface area contributed by atoms with Crippen LogP contribution in [0.15, 0.2) is 0 Å². The molecule has 0 aromatic heterocycles. The molecule has 21 nitrogen and oxygen atoms in total. The van der Waals surface area contributed by atoms with Gasteiger partial charge in [0.2, 0.25) is 29.5 Å². The third kappa shape index (κ3) is 27.4. The average Bonchev–Trinajstić information content (AvgIpc) is 4.23. The van der Waals surface area contributed by atoms with Crippen LogP contribution in [0.2, 0.25) is 0 Å². The molecule has 0 radical (unpaired) electrons. The number of carboxylic acid groups (broad SMARTS) is 5. The SMILES string of the molecule is CC(C)(C)N1CC(C(=O)O)CC1=O.CC(C)CCCCCCN1CC(C(=O)O)CC1=O.CC(C)CCN1CC(C(=O)O)CC1=O.CCC(CC)N1CC(C(=O)O)CC1=O.CCCCC(CC)COCCCN1CC(C(=O)O)CC1=O. The van der Waals surface area contributed by atoms with Gasteiger partial charge in [0.1, 0.15) is 0 Å². The minimum atomic E-state index is -0.875. The molecule has 6 atom stereocenters. The Hall–Kier alpha value is -5.34. The highest BCUT2D eigenvalue weighted by Gasteiger charge is 2.40.